The van der Waals surface area contributed by atoms with Gasteiger partial charge in [-0.15, -0.1) is 0 Å². The Bertz CT molecular complexity index is 372. The fourth-order valence-electron chi connectivity index (χ4n) is 1.42. The first kappa shape index (κ1) is 11.0. The van der Waals surface area contributed by atoms with Crippen LogP contribution in [-0.4, -0.2) is 40.0 Å². The Morgan fingerprint density at radius 3 is 2.88 bits per heavy atom. The molecule has 1 fully saturated rings. The van der Waals surface area contributed by atoms with Gasteiger partial charge in [-0.2, -0.15) is 5.10 Å². The lowest BCUT2D eigenvalue weighted by Gasteiger charge is -2.27. The maximum Gasteiger partial charge on any atom is 0.315 e. The number of hydrogen-bond acceptors (Lipinski definition) is 6. The molecule has 1 aromatic heterocycles. The predicted molar refractivity (Wildman–Crippen MR) is 50.5 cm³/mol. The molecule has 0 amide bonds. The summed E-state index contributed by atoms with van der Waals surface area (Å²) in [5, 5.41) is 25.6. The third-order valence-electron chi connectivity index (χ3n) is 2.30. The summed E-state index contributed by atoms with van der Waals surface area (Å²) in [7, 11) is 0. The van der Waals surface area contributed by atoms with Crippen LogP contribution in [0.1, 0.15) is 12.0 Å². The summed E-state index contributed by atoms with van der Waals surface area (Å²) in [4.78, 5) is 10.1. The topological polar surface area (TPSA) is 111 Å². The predicted octanol–water partition coefficient (Wildman–Crippen LogP) is -0.0282. The van der Waals surface area contributed by atoms with Gasteiger partial charge in [-0.25, -0.2) is 0 Å². The molecule has 0 atom stereocenters. The molecule has 1 saturated heterocycles. The van der Waals surface area contributed by atoms with E-state index in [4.69, 9.17) is 14.6 Å². The van der Waals surface area contributed by atoms with Crippen molar-refractivity contribution in [3.05, 3.63) is 22.0 Å². The highest BCUT2D eigenvalue weighted by molar-refractivity contribution is 5.32. The van der Waals surface area contributed by atoms with E-state index in [1.807, 2.05) is 0 Å². The molecule has 8 heteroatoms. The minimum absolute atomic E-state index is 0.0300. The molecule has 0 spiro atoms. The Balaban J connectivity index is 2.08. The minimum atomic E-state index is -0.814. The van der Waals surface area contributed by atoms with E-state index in [1.165, 1.54) is 0 Å². The number of rotatable bonds is 3. The van der Waals surface area contributed by atoms with Gasteiger partial charge in [0.05, 0.1) is 24.7 Å². The van der Waals surface area contributed by atoms with E-state index in [0.29, 0.717) is 13.2 Å². The molecule has 2 heterocycles. The normalized spacial score (nSPS) is 25.6. The Labute approximate surface area is 90.3 Å². The van der Waals surface area contributed by atoms with Crippen molar-refractivity contribution in [3.8, 4) is 0 Å². The van der Waals surface area contributed by atoms with Crippen LogP contribution in [0.2, 0.25) is 0 Å². The number of aliphatic hydroxyl groups excluding tert-OH is 1. The fraction of sp³-hybridized carbons (Fsp3) is 0.625. The molecule has 16 heavy (non-hydrogen) atoms. The first-order valence-corrected chi connectivity index (χ1v) is 4.74. The summed E-state index contributed by atoms with van der Waals surface area (Å²) < 4.78 is 10.5. The summed E-state index contributed by atoms with van der Waals surface area (Å²) in [6.07, 6.45) is 0.297. The molecule has 0 aromatic carbocycles. The summed E-state index contributed by atoms with van der Waals surface area (Å²) in [5.41, 5.74) is 0.0360. The molecule has 0 radical (unpaired) electrons. The number of aromatic amines is 1. The largest absolute Gasteiger partial charge is 0.396 e. The highest BCUT2D eigenvalue weighted by Gasteiger charge is 2.30. The third kappa shape index (κ3) is 2.03. The molecule has 2 rings (SSSR count). The van der Waals surface area contributed by atoms with E-state index in [0.717, 1.165) is 6.20 Å². The van der Waals surface area contributed by atoms with Crippen molar-refractivity contribution in [1.29, 1.82) is 0 Å². The second kappa shape index (κ2) is 4.56. The van der Waals surface area contributed by atoms with Gasteiger partial charge in [0.2, 0.25) is 6.29 Å². The lowest BCUT2D eigenvalue weighted by Crippen LogP contribution is -2.29. The van der Waals surface area contributed by atoms with Gasteiger partial charge >= 0.3 is 5.69 Å². The van der Waals surface area contributed by atoms with E-state index >= 15 is 0 Å². The summed E-state index contributed by atoms with van der Waals surface area (Å²) >= 11 is 0. The Morgan fingerprint density at radius 2 is 2.31 bits per heavy atom. The number of hydrogen-bond donors (Lipinski definition) is 2. The maximum atomic E-state index is 10.6. The van der Waals surface area contributed by atoms with Crippen LogP contribution in [0.3, 0.4) is 0 Å². The smallest absolute Gasteiger partial charge is 0.315 e. The van der Waals surface area contributed by atoms with Gasteiger partial charge in [0, 0.05) is 5.92 Å². The lowest BCUT2D eigenvalue weighted by atomic mass is 10.2. The average Bonchev–Trinajstić information content (AvgIpc) is 2.78. The zero-order valence-corrected chi connectivity index (χ0v) is 8.33. The van der Waals surface area contributed by atoms with E-state index in [-0.39, 0.29) is 23.9 Å². The number of nitrogens with one attached hydrogen (secondary N) is 1. The zero-order chi connectivity index (χ0) is 11.5. The van der Waals surface area contributed by atoms with Crippen LogP contribution in [0.15, 0.2) is 6.20 Å². The van der Waals surface area contributed by atoms with Crippen LogP contribution in [-0.2, 0) is 9.47 Å². The highest BCUT2D eigenvalue weighted by atomic mass is 16.7. The van der Waals surface area contributed by atoms with Gasteiger partial charge in [0.1, 0.15) is 6.20 Å². The molecule has 2 N–H and O–H groups in total. The fourth-order valence-corrected chi connectivity index (χ4v) is 1.42. The van der Waals surface area contributed by atoms with Crippen molar-refractivity contribution >= 4 is 5.69 Å². The molecule has 0 unspecified atom stereocenters. The number of nitrogens with zero attached hydrogens (tertiary/aromatic N) is 2. The second-order valence-corrected chi connectivity index (χ2v) is 3.47. The third-order valence-corrected chi connectivity index (χ3v) is 2.30. The van der Waals surface area contributed by atoms with E-state index in [2.05, 4.69) is 10.2 Å². The summed E-state index contributed by atoms with van der Waals surface area (Å²) in [6.45, 7) is 0.576. The molecule has 0 bridgehead atoms. The standard InChI is InChI=1S/C8H11N3O5/c12-2-5-3-15-8(16-4-5)7-6(11(13)14)1-9-10-7/h1,5,8,12H,2-4H2,(H,9,10). The van der Waals surface area contributed by atoms with Crippen LogP contribution in [0.25, 0.3) is 0 Å². The van der Waals surface area contributed by atoms with Gasteiger partial charge < -0.3 is 14.6 Å². The summed E-state index contributed by atoms with van der Waals surface area (Å²) in [6, 6.07) is 0. The van der Waals surface area contributed by atoms with Gasteiger partial charge in [0.25, 0.3) is 0 Å². The molecular weight excluding hydrogens is 218 g/mol. The summed E-state index contributed by atoms with van der Waals surface area (Å²) in [5.74, 6) is -0.0850. The number of aliphatic hydroxyl groups is 1. The Kier molecular flexibility index (Phi) is 3.13. The van der Waals surface area contributed by atoms with E-state index < -0.39 is 11.2 Å². The monoisotopic (exact) mass is 229 g/mol. The highest BCUT2D eigenvalue weighted by Crippen LogP contribution is 2.29. The second-order valence-electron chi connectivity index (χ2n) is 3.47. The number of H-pyrrole nitrogens is 1. The molecule has 8 nitrogen and oxygen atoms in total. The maximum absolute atomic E-state index is 10.6. The van der Waals surface area contributed by atoms with E-state index in [1.54, 1.807) is 0 Å². The SMILES string of the molecule is O=[N+]([O-])c1cn[nH]c1C1OCC(CO)CO1. The van der Waals surface area contributed by atoms with Gasteiger partial charge in [0.15, 0.2) is 5.69 Å². The first-order chi connectivity index (χ1) is 7.72. The number of ether oxygens (including phenoxy) is 2. The molecule has 1 aliphatic heterocycles. The quantitative estimate of drug-likeness (QED) is 0.556. The van der Waals surface area contributed by atoms with Crippen LogP contribution in [0.4, 0.5) is 5.69 Å². The van der Waals surface area contributed by atoms with Crippen LogP contribution in [0.5, 0.6) is 0 Å². The van der Waals surface area contributed by atoms with Crippen LogP contribution in [0, 0.1) is 16.0 Å². The molecule has 1 aliphatic rings. The minimum Gasteiger partial charge on any atom is -0.396 e. The van der Waals surface area contributed by atoms with Crippen molar-refractivity contribution in [3.63, 3.8) is 0 Å². The molecule has 0 saturated carbocycles. The number of nitro groups is 1. The van der Waals surface area contributed by atoms with Gasteiger partial charge in [-0.05, 0) is 0 Å². The zero-order valence-electron chi connectivity index (χ0n) is 8.33. The van der Waals surface area contributed by atoms with Crippen molar-refractivity contribution in [2.45, 2.75) is 6.29 Å². The molecular formula is C8H11N3O5. The van der Waals surface area contributed by atoms with Crippen LogP contribution < -0.4 is 0 Å². The van der Waals surface area contributed by atoms with Crippen molar-refractivity contribution < 1.29 is 19.5 Å². The van der Waals surface area contributed by atoms with Crippen molar-refractivity contribution in [1.82, 2.24) is 10.2 Å². The first-order valence-electron chi connectivity index (χ1n) is 4.74. The van der Waals surface area contributed by atoms with Crippen LogP contribution >= 0.6 is 0 Å². The Hall–Kier alpha value is -1.51. The lowest BCUT2D eigenvalue weighted by molar-refractivity contribution is -0.387. The van der Waals surface area contributed by atoms with Gasteiger partial charge in [-0.1, -0.05) is 0 Å². The average molecular weight is 229 g/mol. The molecule has 1 aromatic rings. The van der Waals surface area contributed by atoms with E-state index in [9.17, 15) is 10.1 Å². The van der Waals surface area contributed by atoms with Gasteiger partial charge in [-0.3, -0.25) is 15.2 Å². The Morgan fingerprint density at radius 1 is 1.62 bits per heavy atom. The van der Waals surface area contributed by atoms with Crippen molar-refractivity contribution in [2.75, 3.05) is 19.8 Å². The molecule has 88 valence electrons. The van der Waals surface area contributed by atoms with Crippen molar-refractivity contribution in [2.24, 2.45) is 5.92 Å². The molecule has 0 aliphatic carbocycles. The number of aromatic nitrogens is 2.